The summed E-state index contributed by atoms with van der Waals surface area (Å²) >= 11 is 0. The molecule has 1 fully saturated rings. The molecule has 0 bridgehead atoms. The monoisotopic (exact) mass is 526 g/mol. The molecule has 7 nitrogen and oxygen atoms in total. The van der Waals surface area contributed by atoms with Crippen LogP contribution in [-0.4, -0.2) is 62.5 Å². The van der Waals surface area contributed by atoms with Crippen molar-refractivity contribution in [3.8, 4) is 0 Å². The van der Waals surface area contributed by atoms with Crippen molar-refractivity contribution < 1.29 is 13.2 Å². The SMILES string of the molecule is CCN(CC1CCN(C(=O)NC(C)C)CC1)C1CCc2ccc(NS(=O)(=O)Cc3ccccc3)cc2C1. The first kappa shape index (κ1) is 27.5. The number of nitrogens with zero attached hydrogens (tertiary/aromatic N) is 2. The minimum atomic E-state index is -3.48. The smallest absolute Gasteiger partial charge is 0.317 e. The molecule has 2 N–H and O–H groups in total. The van der Waals surface area contributed by atoms with Crippen molar-refractivity contribution in [2.24, 2.45) is 5.92 Å². The van der Waals surface area contributed by atoms with E-state index >= 15 is 0 Å². The maximum atomic E-state index is 12.7. The molecule has 37 heavy (non-hydrogen) atoms. The number of amides is 2. The zero-order valence-electron chi connectivity index (χ0n) is 22.4. The normalized spacial score (nSPS) is 18.6. The lowest BCUT2D eigenvalue weighted by Gasteiger charge is -2.39. The molecular formula is C29H42N4O3S. The largest absolute Gasteiger partial charge is 0.336 e. The Morgan fingerprint density at radius 1 is 1.05 bits per heavy atom. The highest BCUT2D eigenvalue weighted by Gasteiger charge is 2.29. The standard InChI is InChI=1S/C29H42N4O3S/c1-4-32(20-23-14-16-33(17-15-23)29(34)30-22(2)3)28-13-11-25-10-12-27(18-26(25)19-28)31-37(35,36)21-24-8-6-5-7-9-24/h5-10,12,18,22-23,28,31H,4,11,13-17,19-21H2,1-3H3,(H,30,34). The van der Waals surface area contributed by atoms with Crippen molar-refractivity contribution in [2.75, 3.05) is 30.9 Å². The van der Waals surface area contributed by atoms with Crippen LogP contribution in [0.2, 0.25) is 0 Å². The molecule has 202 valence electrons. The molecule has 1 heterocycles. The van der Waals surface area contributed by atoms with Crippen LogP contribution in [-0.2, 0) is 28.6 Å². The van der Waals surface area contributed by atoms with E-state index in [9.17, 15) is 13.2 Å². The molecule has 1 saturated heterocycles. The first-order chi connectivity index (χ1) is 17.7. The third kappa shape index (κ3) is 7.71. The summed E-state index contributed by atoms with van der Waals surface area (Å²) in [5.41, 5.74) is 3.99. The molecule has 2 amide bonds. The van der Waals surface area contributed by atoms with E-state index in [4.69, 9.17) is 0 Å². The highest BCUT2D eigenvalue weighted by atomic mass is 32.2. The second kappa shape index (κ2) is 12.3. The second-order valence-electron chi connectivity index (χ2n) is 10.8. The van der Waals surface area contributed by atoms with Crippen molar-refractivity contribution in [1.82, 2.24) is 15.1 Å². The summed E-state index contributed by atoms with van der Waals surface area (Å²) in [6, 6.07) is 15.9. The van der Waals surface area contributed by atoms with Gasteiger partial charge in [0.15, 0.2) is 0 Å². The van der Waals surface area contributed by atoms with Gasteiger partial charge in [-0.1, -0.05) is 43.3 Å². The highest BCUT2D eigenvalue weighted by Crippen LogP contribution is 2.29. The maximum absolute atomic E-state index is 12.7. The van der Waals surface area contributed by atoms with Gasteiger partial charge in [-0.15, -0.1) is 0 Å². The number of likely N-dealkylation sites (tertiary alicyclic amines) is 1. The molecular weight excluding hydrogens is 484 g/mol. The number of likely N-dealkylation sites (N-methyl/N-ethyl adjacent to an activating group) is 1. The van der Waals surface area contributed by atoms with Crippen molar-refractivity contribution in [3.05, 3.63) is 65.2 Å². The van der Waals surface area contributed by atoms with Gasteiger partial charge in [0.25, 0.3) is 0 Å². The van der Waals surface area contributed by atoms with Crippen LogP contribution in [0.5, 0.6) is 0 Å². The fourth-order valence-corrected chi connectivity index (χ4v) is 6.84. The number of nitrogens with one attached hydrogen (secondary N) is 2. The zero-order valence-corrected chi connectivity index (χ0v) is 23.3. The summed E-state index contributed by atoms with van der Waals surface area (Å²) < 4.78 is 28.3. The van der Waals surface area contributed by atoms with Gasteiger partial charge in [0.1, 0.15) is 0 Å². The lowest BCUT2D eigenvalue weighted by atomic mass is 9.86. The fourth-order valence-electron chi connectivity index (χ4n) is 5.65. The Morgan fingerprint density at radius 2 is 1.78 bits per heavy atom. The lowest BCUT2D eigenvalue weighted by Crippen LogP contribution is -2.48. The predicted octanol–water partition coefficient (Wildman–Crippen LogP) is 4.64. The number of hydrogen-bond acceptors (Lipinski definition) is 4. The van der Waals surface area contributed by atoms with Gasteiger partial charge in [-0.2, -0.15) is 0 Å². The first-order valence-corrected chi connectivity index (χ1v) is 15.3. The molecule has 0 aromatic heterocycles. The van der Waals surface area contributed by atoms with Gasteiger partial charge in [0.2, 0.25) is 10.0 Å². The first-order valence-electron chi connectivity index (χ1n) is 13.7. The van der Waals surface area contributed by atoms with Crippen LogP contribution in [0.15, 0.2) is 48.5 Å². The van der Waals surface area contributed by atoms with Gasteiger partial charge in [-0.25, -0.2) is 13.2 Å². The summed E-state index contributed by atoms with van der Waals surface area (Å²) in [6.45, 7) is 9.91. The van der Waals surface area contributed by atoms with Crippen LogP contribution in [0.4, 0.5) is 10.5 Å². The third-order valence-electron chi connectivity index (χ3n) is 7.61. The zero-order chi connectivity index (χ0) is 26.4. The number of urea groups is 1. The van der Waals surface area contributed by atoms with Gasteiger partial charge in [-0.05, 0) is 87.2 Å². The number of hydrogen-bond donors (Lipinski definition) is 2. The summed E-state index contributed by atoms with van der Waals surface area (Å²) in [4.78, 5) is 16.9. The Labute approximate surface area is 222 Å². The molecule has 2 aromatic rings. The average molecular weight is 527 g/mol. The number of fused-ring (bicyclic) bond motifs is 1. The number of anilines is 1. The average Bonchev–Trinajstić information content (AvgIpc) is 2.87. The molecule has 4 rings (SSSR count). The van der Waals surface area contributed by atoms with Gasteiger partial charge < -0.3 is 15.1 Å². The third-order valence-corrected chi connectivity index (χ3v) is 8.87. The van der Waals surface area contributed by atoms with Gasteiger partial charge >= 0.3 is 6.03 Å². The Kier molecular flexibility index (Phi) is 9.13. The molecule has 2 aliphatic rings. The van der Waals surface area contributed by atoms with E-state index < -0.39 is 10.0 Å². The Morgan fingerprint density at radius 3 is 2.46 bits per heavy atom. The number of piperidine rings is 1. The van der Waals surface area contributed by atoms with E-state index in [0.29, 0.717) is 17.6 Å². The van der Waals surface area contributed by atoms with Crippen molar-refractivity contribution in [2.45, 2.75) is 70.7 Å². The second-order valence-corrected chi connectivity index (χ2v) is 12.6. The minimum Gasteiger partial charge on any atom is -0.336 e. The molecule has 1 aliphatic heterocycles. The number of carbonyl (C=O) groups is 1. The Hall–Kier alpha value is -2.58. The van der Waals surface area contributed by atoms with Crippen molar-refractivity contribution in [3.63, 3.8) is 0 Å². The van der Waals surface area contributed by atoms with E-state index in [-0.39, 0.29) is 17.8 Å². The molecule has 1 atom stereocenters. The fraction of sp³-hybridized carbons (Fsp3) is 0.552. The number of rotatable bonds is 9. The van der Waals surface area contributed by atoms with E-state index in [0.717, 1.165) is 63.8 Å². The van der Waals surface area contributed by atoms with Gasteiger partial charge in [0, 0.05) is 37.4 Å². The number of sulfonamides is 1. The van der Waals surface area contributed by atoms with E-state index in [1.54, 1.807) is 0 Å². The molecule has 0 spiro atoms. The van der Waals surface area contributed by atoms with Crippen LogP contribution in [0.25, 0.3) is 0 Å². The summed E-state index contributed by atoms with van der Waals surface area (Å²) in [7, 11) is -3.48. The molecule has 8 heteroatoms. The number of carbonyl (C=O) groups excluding carboxylic acids is 1. The molecule has 0 radical (unpaired) electrons. The lowest BCUT2D eigenvalue weighted by molar-refractivity contribution is 0.120. The van der Waals surface area contributed by atoms with Crippen LogP contribution in [0.1, 0.15) is 56.7 Å². The molecule has 2 aromatic carbocycles. The minimum absolute atomic E-state index is 0.0326. The van der Waals surface area contributed by atoms with Gasteiger partial charge in [-0.3, -0.25) is 4.72 Å². The number of aryl methyl sites for hydroxylation is 1. The Balaban J connectivity index is 1.34. The van der Waals surface area contributed by atoms with E-state index in [1.165, 1.54) is 11.1 Å². The van der Waals surface area contributed by atoms with E-state index in [1.807, 2.05) is 61.2 Å². The highest BCUT2D eigenvalue weighted by molar-refractivity contribution is 7.91. The van der Waals surface area contributed by atoms with Crippen LogP contribution >= 0.6 is 0 Å². The quantitative estimate of drug-likeness (QED) is 0.499. The summed E-state index contributed by atoms with van der Waals surface area (Å²) in [5.74, 6) is 0.565. The summed E-state index contributed by atoms with van der Waals surface area (Å²) in [5, 5.41) is 3.00. The summed E-state index contributed by atoms with van der Waals surface area (Å²) in [6.07, 6.45) is 5.15. The maximum Gasteiger partial charge on any atom is 0.317 e. The molecule has 1 aliphatic carbocycles. The van der Waals surface area contributed by atoms with Crippen LogP contribution < -0.4 is 10.0 Å². The predicted molar refractivity (Wildman–Crippen MR) is 150 cm³/mol. The van der Waals surface area contributed by atoms with Crippen LogP contribution in [0.3, 0.4) is 0 Å². The van der Waals surface area contributed by atoms with E-state index in [2.05, 4.69) is 27.9 Å². The van der Waals surface area contributed by atoms with Gasteiger partial charge in [0.05, 0.1) is 5.75 Å². The Bertz CT molecular complexity index is 1140. The number of benzene rings is 2. The van der Waals surface area contributed by atoms with Crippen LogP contribution in [0, 0.1) is 5.92 Å². The van der Waals surface area contributed by atoms with Crippen molar-refractivity contribution >= 4 is 21.7 Å². The molecule has 0 saturated carbocycles. The topological polar surface area (TPSA) is 81.8 Å². The molecule has 1 unspecified atom stereocenters. The van der Waals surface area contributed by atoms with Crippen molar-refractivity contribution in [1.29, 1.82) is 0 Å².